The van der Waals surface area contributed by atoms with Crippen LogP contribution in [0.3, 0.4) is 0 Å². The lowest BCUT2D eigenvalue weighted by Crippen LogP contribution is -2.03. The van der Waals surface area contributed by atoms with Crippen molar-refractivity contribution in [3.8, 4) is 0 Å². The molecule has 1 N–H and O–H groups in total. The molecule has 0 atom stereocenters. The number of nitrogens with one attached hydrogen (secondary N) is 1. The van der Waals surface area contributed by atoms with Crippen LogP contribution in [-0.2, 0) is 0 Å². The van der Waals surface area contributed by atoms with E-state index >= 15 is 0 Å². The Balaban J connectivity index is 2.87. The van der Waals surface area contributed by atoms with Crippen molar-refractivity contribution >= 4 is 29.3 Å². The third-order valence-corrected chi connectivity index (χ3v) is 2.27. The molecule has 1 rings (SSSR count). The molecule has 0 amide bonds. The van der Waals surface area contributed by atoms with Gasteiger partial charge in [0.2, 0.25) is 0 Å². The van der Waals surface area contributed by atoms with Gasteiger partial charge >= 0.3 is 0 Å². The lowest BCUT2D eigenvalue weighted by Gasteiger charge is -2.00. The maximum Gasteiger partial charge on any atom is 0.0493 e. The summed E-state index contributed by atoms with van der Waals surface area (Å²) in [5.41, 5.74) is 0.876. The Morgan fingerprint density at radius 2 is 1.92 bits per heavy atom. The van der Waals surface area contributed by atoms with E-state index in [2.05, 4.69) is 5.32 Å². The van der Waals surface area contributed by atoms with Gasteiger partial charge in [0.1, 0.15) is 0 Å². The van der Waals surface area contributed by atoms with Crippen molar-refractivity contribution in [1.82, 2.24) is 5.32 Å². The number of hydrogen-bond donors (Lipinski definition) is 1. The van der Waals surface area contributed by atoms with E-state index in [1.165, 1.54) is 0 Å². The highest BCUT2D eigenvalue weighted by Gasteiger charge is 1.99. The first-order valence-electron chi connectivity index (χ1n) is 4.01. The predicted molar refractivity (Wildman–Crippen MR) is 59.4 cm³/mol. The molecule has 1 aromatic rings. The number of hydrogen-bond acceptors (Lipinski definition) is 1. The van der Waals surface area contributed by atoms with Gasteiger partial charge in [-0.15, -0.1) is 0 Å². The van der Waals surface area contributed by atoms with Crippen LogP contribution in [-0.4, -0.2) is 13.6 Å². The minimum atomic E-state index is 0.680. The van der Waals surface area contributed by atoms with Crippen LogP contribution < -0.4 is 5.32 Å². The van der Waals surface area contributed by atoms with Crippen LogP contribution in [0.1, 0.15) is 5.56 Å². The summed E-state index contributed by atoms with van der Waals surface area (Å²) in [5, 5.41) is 4.36. The van der Waals surface area contributed by atoms with Crippen molar-refractivity contribution < 1.29 is 0 Å². The molecule has 0 aliphatic carbocycles. The molecule has 0 saturated carbocycles. The average Bonchev–Trinajstić information content (AvgIpc) is 2.10. The third kappa shape index (κ3) is 3.03. The lowest BCUT2D eigenvalue weighted by molar-refractivity contribution is 0.922. The molecule has 13 heavy (non-hydrogen) atoms. The van der Waals surface area contributed by atoms with E-state index in [1.54, 1.807) is 0 Å². The molecular formula is C10H11Cl2N. The summed E-state index contributed by atoms with van der Waals surface area (Å²) in [5.74, 6) is 0. The van der Waals surface area contributed by atoms with Gasteiger partial charge in [-0.3, -0.25) is 0 Å². The largest absolute Gasteiger partial charge is 0.316 e. The van der Waals surface area contributed by atoms with Crippen molar-refractivity contribution in [2.24, 2.45) is 0 Å². The van der Waals surface area contributed by atoms with Gasteiger partial charge in [0, 0.05) is 22.2 Å². The van der Waals surface area contributed by atoms with Crippen LogP contribution in [0, 0.1) is 0 Å². The standard InChI is InChI=1S/C10H11Cl2N/c1-13-7-3-4-8-9(11)5-2-6-10(8)12/h2-6,13H,7H2,1H3/b4-3+. The molecule has 0 bridgehead atoms. The number of halogens is 2. The Bertz CT molecular complexity index is 288. The summed E-state index contributed by atoms with van der Waals surface area (Å²) in [7, 11) is 1.89. The van der Waals surface area contributed by atoms with Crippen LogP contribution in [0.4, 0.5) is 0 Å². The van der Waals surface area contributed by atoms with Gasteiger partial charge in [-0.2, -0.15) is 0 Å². The summed E-state index contributed by atoms with van der Waals surface area (Å²) in [6.45, 7) is 0.807. The molecule has 0 saturated heterocycles. The zero-order valence-electron chi connectivity index (χ0n) is 7.35. The molecule has 0 spiro atoms. The van der Waals surface area contributed by atoms with Crippen molar-refractivity contribution in [1.29, 1.82) is 0 Å². The van der Waals surface area contributed by atoms with E-state index in [9.17, 15) is 0 Å². The fourth-order valence-electron chi connectivity index (χ4n) is 0.965. The maximum atomic E-state index is 5.95. The van der Waals surface area contributed by atoms with Gasteiger partial charge in [-0.1, -0.05) is 41.4 Å². The molecule has 0 aromatic heterocycles. The van der Waals surface area contributed by atoms with Gasteiger partial charge in [-0.25, -0.2) is 0 Å². The topological polar surface area (TPSA) is 12.0 Å². The molecule has 1 nitrogen and oxygen atoms in total. The average molecular weight is 216 g/mol. The van der Waals surface area contributed by atoms with Crippen molar-refractivity contribution in [3.63, 3.8) is 0 Å². The second kappa shape index (κ2) is 5.28. The molecule has 0 radical (unpaired) electrons. The van der Waals surface area contributed by atoms with E-state index in [1.807, 2.05) is 37.4 Å². The van der Waals surface area contributed by atoms with Crippen LogP contribution >= 0.6 is 23.2 Å². The normalized spacial score (nSPS) is 11.0. The van der Waals surface area contributed by atoms with E-state index in [-0.39, 0.29) is 0 Å². The van der Waals surface area contributed by atoms with Gasteiger partial charge in [0.05, 0.1) is 0 Å². The van der Waals surface area contributed by atoms with Crippen LogP contribution in [0.15, 0.2) is 24.3 Å². The van der Waals surface area contributed by atoms with E-state index in [0.717, 1.165) is 12.1 Å². The lowest BCUT2D eigenvalue weighted by atomic mass is 10.2. The van der Waals surface area contributed by atoms with Crippen molar-refractivity contribution in [3.05, 3.63) is 39.9 Å². The molecular weight excluding hydrogens is 205 g/mol. The summed E-state index contributed by atoms with van der Waals surface area (Å²) in [4.78, 5) is 0. The quantitative estimate of drug-likeness (QED) is 0.817. The fourth-order valence-corrected chi connectivity index (χ4v) is 1.49. The van der Waals surface area contributed by atoms with Crippen LogP contribution in [0.5, 0.6) is 0 Å². The van der Waals surface area contributed by atoms with E-state index in [0.29, 0.717) is 10.0 Å². The molecule has 0 fully saturated rings. The predicted octanol–water partition coefficient (Wildman–Crippen LogP) is 3.23. The monoisotopic (exact) mass is 215 g/mol. The summed E-state index contributed by atoms with van der Waals surface area (Å²) in [6, 6.07) is 5.49. The first-order valence-corrected chi connectivity index (χ1v) is 4.76. The number of likely N-dealkylation sites (N-methyl/N-ethyl adjacent to an activating group) is 1. The zero-order chi connectivity index (χ0) is 9.68. The number of benzene rings is 1. The molecule has 0 heterocycles. The van der Waals surface area contributed by atoms with Crippen molar-refractivity contribution in [2.75, 3.05) is 13.6 Å². The van der Waals surface area contributed by atoms with E-state index < -0.39 is 0 Å². The maximum absolute atomic E-state index is 5.95. The van der Waals surface area contributed by atoms with Crippen molar-refractivity contribution in [2.45, 2.75) is 0 Å². The fraction of sp³-hybridized carbons (Fsp3) is 0.200. The minimum Gasteiger partial charge on any atom is -0.316 e. The van der Waals surface area contributed by atoms with Crippen LogP contribution in [0.2, 0.25) is 10.0 Å². The third-order valence-electron chi connectivity index (χ3n) is 1.61. The molecule has 0 aliphatic heterocycles. The first kappa shape index (κ1) is 10.6. The highest BCUT2D eigenvalue weighted by Crippen LogP contribution is 2.25. The molecule has 1 aromatic carbocycles. The Hall–Kier alpha value is -0.500. The highest BCUT2D eigenvalue weighted by atomic mass is 35.5. The van der Waals surface area contributed by atoms with Gasteiger partial charge in [-0.05, 0) is 19.2 Å². The second-order valence-corrected chi connectivity index (χ2v) is 3.41. The van der Waals surface area contributed by atoms with Gasteiger partial charge in [0.15, 0.2) is 0 Å². The smallest absolute Gasteiger partial charge is 0.0493 e. The Labute approximate surface area is 88.4 Å². The molecule has 0 aliphatic rings. The molecule has 0 unspecified atom stereocenters. The molecule has 70 valence electrons. The summed E-state index contributed by atoms with van der Waals surface area (Å²) >= 11 is 11.9. The van der Waals surface area contributed by atoms with Crippen LogP contribution in [0.25, 0.3) is 6.08 Å². The Morgan fingerprint density at radius 3 is 2.46 bits per heavy atom. The van der Waals surface area contributed by atoms with Gasteiger partial charge < -0.3 is 5.32 Å². The summed E-state index contributed by atoms with van der Waals surface area (Å²) in [6.07, 6.45) is 3.90. The van der Waals surface area contributed by atoms with Gasteiger partial charge in [0.25, 0.3) is 0 Å². The molecule has 3 heteroatoms. The first-order chi connectivity index (χ1) is 6.25. The number of rotatable bonds is 3. The summed E-state index contributed by atoms with van der Waals surface area (Å²) < 4.78 is 0. The SMILES string of the molecule is CNC/C=C/c1c(Cl)cccc1Cl. The van der Waals surface area contributed by atoms with E-state index in [4.69, 9.17) is 23.2 Å². The Morgan fingerprint density at radius 1 is 1.31 bits per heavy atom. The minimum absolute atomic E-state index is 0.680. The Kier molecular flexibility index (Phi) is 4.29. The highest BCUT2D eigenvalue weighted by molar-refractivity contribution is 6.37. The second-order valence-electron chi connectivity index (χ2n) is 2.60. The zero-order valence-corrected chi connectivity index (χ0v) is 8.86.